The third-order valence-electron chi connectivity index (χ3n) is 5.61. The number of hydrogen-bond acceptors (Lipinski definition) is 3. The van der Waals surface area contributed by atoms with Crippen molar-refractivity contribution in [2.75, 3.05) is 5.32 Å². The van der Waals surface area contributed by atoms with Gasteiger partial charge in [-0.05, 0) is 67.2 Å². The zero-order valence-electron chi connectivity index (χ0n) is 16.9. The van der Waals surface area contributed by atoms with Crippen molar-refractivity contribution in [1.82, 2.24) is 0 Å². The highest BCUT2D eigenvalue weighted by molar-refractivity contribution is 6.34. The molecule has 1 heterocycles. The summed E-state index contributed by atoms with van der Waals surface area (Å²) in [7, 11) is 0. The Hall–Kier alpha value is -3.00. The molecule has 2 aromatic rings. The lowest BCUT2D eigenvalue weighted by atomic mass is 9.84. The van der Waals surface area contributed by atoms with Crippen molar-refractivity contribution in [1.29, 1.82) is 0 Å². The smallest absolute Gasteiger partial charge is 0.322 e. The summed E-state index contributed by atoms with van der Waals surface area (Å²) in [6.45, 7) is 0. The normalized spacial score (nSPS) is 18.5. The van der Waals surface area contributed by atoms with Crippen molar-refractivity contribution in [3.8, 4) is 0 Å². The molecular weight excluding hydrogens is 443 g/mol. The Morgan fingerprint density at radius 1 is 1.12 bits per heavy atom. The fourth-order valence-electron chi connectivity index (χ4n) is 4.03. The van der Waals surface area contributed by atoms with E-state index in [4.69, 9.17) is 11.6 Å². The number of carbonyl (C=O) groups is 2. The van der Waals surface area contributed by atoms with Gasteiger partial charge in [-0.15, -0.1) is 5.11 Å². The van der Waals surface area contributed by atoms with E-state index in [1.165, 1.54) is 0 Å². The van der Waals surface area contributed by atoms with Crippen LogP contribution in [0.2, 0.25) is 5.02 Å². The van der Waals surface area contributed by atoms with Gasteiger partial charge in [0.15, 0.2) is 0 Å². The summed E-state index contributed by atoms with van der Waals surface area (Å²) in [5, 5.41) is 10.5. The Kier molecular flexibility index (Phi) is 6.15. The quantitative estimate of drug-likeness (QED) is 0.573. The second kappa shape index (κ2) is 8.86. The Balaban J connectivity index is 1.52. The van der Waals surface area contributed by atoms with E-state index in [-0.39, 0.29) is 22.5 Å². The number of amides is 2. The van der Waals surface area contributed by atoms with E-state index in [2.05, 4.69) is 15.5 Å². The molecule has 166 valence electrons. The summed E-state index contributed by atoms with van der Waals surface area (Å²) in [4.78, 5) is 24.6. The van der Waals surface area contributed by atoms with Crippen LogP contribution in [-0.4, -0.2) is 17.9 Å². The largest absolute Gasteiger partial charge is 0.416 e. The highest BCUT2D eigenvalue weighted by Crippen LogP contribution is 2.34. The Morgan fingerprint density at radius 3 is 2.69 bits per heavy atom. The number of azo groups is 1. The van der Waals surface area contributed by atoms with Gasteiger partial charge >= 0.3 is 6.18 Å². The molecule has 0 radical (unpaired) electrons. The molecule has 5 nitrogen and oxygen atoms in total. The fourth-order valence-corrected chi connectivity index (χ4v) is 4.23. The number of alkyl halides is 3. The lowest BCUT2D eigenvalue weighted by Crippen LogP contribution is -2.23. The SMILES string of the molecule is O=C1N=NC(Cc2cccc(NC(=O)c3cc(C(F)(F)F)ccc3Cl)c2)C2=C1CCCC2. The van der Waals surface area contributed by atoms with E-state index in [0.29, 0.717) is 12.1 Å². The molecule has 1 aliphatic carbocycles. The van der Waals surface area contributed by atoms with E-state index < -0.39 is 17.6 Å². The lowest BCUT2D eigenvalue weighted by Gasteiger charge is -2.25. The number of halogens is 4. The topological polar surface area (TPSA) is 70.9 Å². The molecule has 1 unspecified atom stereocenters. The van der Waals surface area contributed by atoms with Crippen LogP contribution < -0.4 is 5.32 Å². The fraction of sp³-hybridized carbons (Fsp3) is 0.304. The van der Waals surface area contributed by atoms with Gasteiger partial charge < -0.3 is 5.32 Å². The van der Waals surface area contributed by atoms with Crippen LogP contribution in [0.3, 0.4) is 0 Å². The monoisotopic (exact) mass is 461 g/mol. The van der Waals surface area contributed by atoms with Crippen LogP contribution in [0.25, 0.3) is 0 Å². The number of carbonyl (C=O) groups excluding carboxylic acids is 2. The van der Waals surface area contributed by atoms with E-state index in [0.717, 1.165) is 60.6 Å². The average Bonchev–Trinajstić information content (AvgIpc) is 2.75. The molecule has 0 saturated carbocycles. The molecule has 1 atom stereocenters. The molecule has 0 saturated heterocycles. The summed E-state index contributed by atoms with van der Waals surface area (Å²) >= 11 is 5.96. The Bertz CT molecular complexity index is 1140. The molecule has 2 aliphatic rings. The van der Waals surface area contributed by atoms with Crippen LogP contribution in [0.1, 0.15) is 47.2 Å². The van der Waals surface area contributed by atoms with Gasteiger partial charge in [-0.1, -0.05) is 23.7 Å². The first kappa shape index (κ1) is 22.2. The van der Waals surface area contributed by atoms with Crippen molar-refractivity contribution in [2.24, 2.45) is 10.2 Å². The molecule has 32 heavy (non-hydrogen) atoms. The van der Waals surface area contributed by atoms with Gasteiger partial charge in [0.1, 0.15) is 0 Å². The number of anilines is 1. The zero-order chi connectivity index (χ0) is 22.9. The number of benzene rings is 2. The summed E-state index contributed by atoms with van der Waals surface area (Å²) in [5.41, 5.74) is 1.86. The van der Waals surface area contributed by atoms with Crippen LogP contribution in [0.5, 0.6) is 0 Å². The van der Waals surface area contributed by atoms with Gasteiger partial charge in [0.05, 0.1) is 22.2 Å². The highest BCUT2D eigenvalue weighted by Gasteiger charge is 2.32. The summed E-state index contributed by atoms with van der Waals surface area (Å²) in [6.07, 6.45) is -0.572. The standard InChI is InChI=1S/C23H19ClF3N3O2/c24-19-9-8-14(23(25,26)27)12-18(19)21(31)28-15-5-3-4-13(10-15)11-20-16-6-1-2-7-17(16)22(32)30-29-20/h3-5,8-10,12,20H,1-2,6-7,11H2,(H,28,31). The van der Waals surface area contributed by atoms with Gasteiger partial charge in [0.25, 0.3) is 11.8 Å². The molecule has 1 aliphatic heterocycles. The second-order valence-electron chi connectivity index (χ2n) is 7.80. The molecule has 2 amide bonds. The molecule has 9 heteroatoms. The van der Waals surface area contributed by atoms with E-state index in [9.17, 15) is 22.8 Å². The molecule has 4 rings (SSSR count). The van der Waals surface area contributed by atoms with E-state index >= 15 is 0 Å². The lowest BCUT2D eigenvalue weighted by molar-refractivity contribution is -0.137. The predicted octanol–water partition coefficient (Wildman–Crippen LogP) is 6.39. The maximum atomic E-state index is 13.0. The van der Waals surface area contributed by atoms with Gasteiger partial charge in [0, 0.05) is 17.7 Å². The molecule has 2 aromatic carbocycles. The van der Waals surface area contributed by atoms with Crippen LogP contribution in [-0.2, 0) is 17.4 Å². The minimum atomic E-state index is -4.58. The number of hydrogen-bond donors (Lipinski definition) is 1. The number of rotatable bonds is 4. The van der Waals surface area contributed by atoms with Gasteiger partial charge in [-0.25, -0.2) is 0 Å². The van der Waals surface area contributed by atoms with Crippen LogP contribution >= 0.6 is 11.6 Å². The molecule has 0 spiro atoms. The Morgan fingerprint density at radius 2 is 1.91 bits per heavy atom. The summed E-state index contributed by atoms with van der Waals surface area (Å²) in [6, 6.07) is 9.36. The third kappa shape index (κ3) is 4.75. The molecular formula is C23H19ClF3N3O2. The second-order valence-corrected chi connectivity index (χ2v) is 8.21. The zero-order valence-corrected chi connectivity index (χ0v) is 17.6. The molecule has 1 N–H and O–H groups in total. The van der Waals surface area contributed by atoms with Gasteiger partial charge in [0.2, 0.25) is 0 Å². The first-order valence-corrected chi connectivity index (χ1v) is 10.5. The van der Waals surface area contributed by atoms with Crippen molar-refractivity contribution in [2.45, 2.75) is 44.3 Å². The molecule has 0 fully saturated rings. The van der Waals surface area contributed by atoms with Crippen molar-refractivity contribution < 1.29 is 22.8 Å². The first-order chi connectivity index (χ1) is 15.2. The maximum absolute atomic E-state index is 13.0. The Labute approximate surface area is 187 Å². The summed E-state index contributed by atoms with van der Waals surface area (Å²) < 4.78 is 39.0. The van der Waals surface area contributed by atoms with Crippen LogP contribution in [0, 0.1) is 0 Å². The number of nitrogens with zero attached hydrogens (tertiary/aromatic N) is 2. The van der Waals surface area contributed by atoms with Crippen LogP contribution in [0.15, 0.2) is 63.8 Å². The highest BCUT2D eigenvalue weighted by atomic mass is 35.5. The third-order valence-corrected chi connectivity index (χ3v) is 5.94. The van der Waals surface area contributed by atoms with Crippen LogP contribution in [0.4, 0.5) is 18.9 Å². The predicted molar refractivity (Wildman–Crippen MR) is 114 cm³/mol. The van der Waals surface area contributed by atoms with Gasteiger partial charge in [-0.2, -0.15) is 18.3 Å². The molecule has 0 aromatic heterocycles. The minimum absolute atomic E-state index is 0.0734. The van der Waals surface area contributed by atoms with Crippen molar-refractivity contribution in [3.63, 3.8) is 0 Å². The van der Waals surface area contributed by atoms with E-state index in [1.807, 2.05) is 6.07 Å². The average molecular weight is 462 g/mol. The van der Waals surface area contributed by atoms with Crippen molar-refractivity contribution in [3.05, 3.63) is 75.3 Å². The first-order valence-electron chi connectivity index (χ1n) is 10.2. The summed E-state index contributed by atoms with van der Waals surface area (Å²) in [5.74, 6) is -0.992. The maximum Gasteiger partial charge on any atom is 0.416 e. The van der Waals surface area contributed by atoms with Gasteiger partial charge in [-0.3, -0.25) is 9.59 Å². The minimum Gasteiger partial charge on any atom is -0.322 e. The van der Waals surface area contributed by atoms with Crippen molar-refractivity contribution >= 4 is 29.1 Å². The molecule has 0 bridgehead atoms. The number of nitrogens with one attached hydrogen (secondary N) is 1. The van der Waals surface area contributed by atoms with E-state index in [1.54, 1.807) is 18.2 Å².